The van der Waals surface area contributed by atoms with E-state index in [2.05, 4.69) is 79.9 Å². The van der Waals surface area contributed by atoms with Crippen molar-refractivity contribution in [1.82, 2.24) is 0 Å². The van der Waals surface area contributed by atoms with Crippen LogP contribution in [-0.4, -0.2) is 23.4 Å². The van der Waals surface area contributed by atoms with Crippen LogP contribution in [0.2, 0.25) is 0 Å². The van der Waals surface area contributed by atoms with Gasteiger partial charge in [-0.3, -0.25) is 19.2 Å². The van der Waals surface area contributed by atoms with Crippen molar-refractivity contribution in [3.8, 4) is 0 Å². The Labute approximate surface area is 293 Å². The number of imide groups is 1. The zero-order valence-corrected chi connectivity index (χ0v) is 28.2. The van der Waals surface area contributed by atoms with Gasteiger partial charge in [-0.25, -0.2) is 4.90 Å². The Kier molecular flexibility index (Phi) is 7.21. The van der Waals surface area contributed by atoms with Gasteiger partial charge >= 0.3 is 0 Å². The van der Waals surface area contributed by atoms with Crippen LogP contribution in [0.4, 0.5) is 5.69 Å². The summed E-state index contributed by atoms with van der Waals surface area (Å²) in [5.41, 5.74) is 6.67. The highest BCUT2D eigenvalue weighted by Gasteiger charge is 2.66. The van der Waals surface area contributed by atoms with Crippen LogP contribution in [0.5, 0.6) is 0 Å². The van der Waals surface area contributed by atoms with E-state index < -0.39 is 11.8 Å². The number of benzene rings is 3. The summed E-state index contributed by atoms with van der Waals surface area (Å²) in [6.07, 6.45) is 15.4. The van der Waals surface area contributed by atoms with Gasteiger partial charge in [0.2, 0.25) is 11.8 Å². The van der Waals surface area contributed by atoms with Crippen LogP contribution in [0.25, 0.3) is 12.2 Å². The van der Waals surface area contributed by atoms with Crippen molar-refractivity contribution in [1.29, 1.82) is 0 Å². The van der Waals surface area contributed by atoms with Crippen molar-refractivity contribution in [2.75, 3.05) is 4.90 Å². The predicted molar refractivity (Wildman–Crippen MR) is 195 cm³/mol. The maximum atomic E-state index is 14.2. The summed E-state index contributed by atoms with van der Waals surface area (Å²) in [6.45, 7) is 7.68. The van der Waals surface area contributed by atoms with Gasteiger partial charge in [-0.15, -0.1) is 0 Å². The van der Waals surface area contributed by atoms with Crippen molar-refractivity contribution in [3.05, 3.63) is 138 Å². The monoisotopic (exact) mass is 659 g/mol. The van der Waals surface area contributed by atoms with Gasteiger partial charge in [0.05, 0.1) is 17.5 Å². The Bertz CT molecular complexity index is 2040. The third kappa shape index (κ3) is 4.58. The minimum Gasteiger partial charge on any atom is -0.298 e. The highest BCUT2D eigenvalue weighted by Crippen LogP contribution is 2.63. The smallest absolute Gasteiger partial charge is 0.238 e. The largest absolute Gasteiger partial charge is 0.298 e. The second-order valence-electron chi connectivity index (χ2n) is 15.5. The molecule has 3 aromatic rings. The normalized spacial score (nSPS) is 33.0. The Morgan fingerprint density at radius 3 is 2.12 bits per heavy atom. The molecule has 0 radical (unpaired) electrons. The SMILES string of the molecule is C=Cc1ccc(CCC2=CC3CC2C2C(=O)C(c4cccc(N5C(=O)C6C7C=CC(CCc8ccc(C=C)cc8)(C7)C6C5=O)c4)C(=O)C32)cc1. The lowest BCUT2D eigenvalue weighted by Gasteiger charge is -2.30. The van der Waals surface area contributed by atoms with E-state index in [0.29, 0.717) is 11.3 Å². The van der Waals surface area contributed by atoms with Crippen molar-refractivity contribution < 1.29 is 19.2 Å². The van der Waals surface area contributed by atoms with Crippen LogP contribution < -0.4 is 4.90 Å². The molecular weight excluding hydrogens is 618 g/mol. The Balaban J connectivity index is 0.922. The molecule has 1 saturated heterocycles. The van der Waals surface area contributed by atoms with Gasteiger partial charge in [-0.1, -0.05) is 110 Å². The second kappa shape index (κ2) is 11.6. The summed E-state index contributed by atoms with van der Waals surface area (Å²) in [7, 11) is 0. The number of carbonyl (C=O) groups excluding carboxylic acids is 4. The molecular formula is C45H41NO4. The molecule has 5 heteroatoms. The number of Topliss-reactive ketones (excluding diaryl/α,β-unsaturated/α-hetero) is 2. The molecule has 0 spiro atoms. The lowest BCUT2D eigenvalue weighted by Crippen LogP contribution is -2.36. The number of hydrogen-bond donors (Lipinski definition) is 0. The number of ketones is 2. The Morgan fingerprint density at radius 1 is 0.740 bits per heavy atom. The Morgan fingerprint density at radius 2 is 1.42 bits per heavy atom. The molecule has 50 heavy (non-hydrogen) atoms. The highest BCUT2D eigenvalue weighted by molar-refractivity contribution is 6.23. The first-order valence-electron chi connectivity index (χ1n) is 18.2. The molecule has 1 aliphatic heterocycles. The zero-order valence-electron chi connectivity index (χ0n) is 28.2. The molecule has 4 fully saturated rings. The van der Waals surface area contributed by atoms with E-state index in [1.54, 1.807) is 18.2 Å². The van der Waals surface area contributed by atoms with E-state index in [1.807, 2.05) is 18.2 Å². The number of carbonyl (C=O) groups is 4. The maximum Gasteiger partial charge on any atom is 0.238 e. The minimum atomic E-state index is -0.849. The number of fused-ring (bicyclic) bond motifs is 10. The van der Waals surface area contributed by atoms with E-state index >= 15 is 0 Å². The number of hydrogen-bond acceptors (Lipinski definition) is 4. The fraction of sp³-hybridized carbons (Fsp3) is 0.333. The van der Waals surface area contributed by atoms with E-state index in [0.717, 1.165) is 49.7 Å². The highest BCUT2D eigenvalue weighted by atomic mass is 16.2. The second-order valence-corrected chi connectivity index (χ2v) is 15.5. The van der Waals surface area contributed by atoms with Crippen LogP contribution in [0, 0.1) is 46.8 Å². The molecule has 4 bridgehead atoms. The summed E-state index contributed by atoms with van der Waals surface area (Å²) in [5.74, 6) is -2.21. The van der Waals surface area contributed by atoms with Crippen LogP contribution in [0.1, 0.15) is 59.4 Å². The first-order chi connectivity index (χ1) is 24.3. The minimum absolute atomic E-state index is 0.00164. The van der Waals surface area contributed by atoms with Crippen LogP contribution in [0.15, 0.2) is 110 Å². The van der Waals surface area contributed by atoms with Crippen molar-refractivity contribution >= 4 is 41.2 Å². The third-order valence-corrected chi connectivity index (χ3v) is 13.1. The number of anilines is 1. The standard InChI is InChI=1S/C45H41NO4/c1-3-26-8-12-28(13-9-26)16-17-30-22-33-24-35(30)39-36(33)41(47)38(42(39)48)31-6-5-7-34(23-31)46-43(49)37-32-19-21-45(25-32,40(37)44(46)50)20-18-29-14-10-27(4-2)11-15-29/h3-15,19,21-23,32-33,35-40H,1-2,16-18,20,24-25H2. The van der Waals surface area contributed by atoms with Gasteiger partial charge in [0.25, 0.3) is 0 Å². The molecule has 250 valence electrons. The van der Waals surface area contributed by atoms with Crippen LogP contribution in [0.3, 0.4) is 0 Å². The fourth-order valence-electron chi connectivity index (χ4n) is 10.8. The van der Waals surface area contributed by atoms with Gasteiger partial charge in [0.15, 0.2) is 11.6 Å². The van der Waals surface area contributed by atoms with Crippen LogP contribution >= 0.6 is 0 Å². The number of nitrogens with zero attached hydrogens (tertiary/aromatic N) is 1. The fourth-order valence-corrected chi connectivity index (χ4v) is 10.8. The zero-order chi connectivity index (χ0) is 34.3. The van der Waals surface area contributed by atoms with E-state index in [-0.39, 0.29) is 64.3 Å². The molecule has 3 aromatic carbocycles. The molecule has 9 unspecified atom stereocenters. The van der Waals surface area contributed by atoms with Gasteiger partial charge < -0.3 is 0 Å². The average molecular weight is 660 g/mol. The molecule has 0 N–H and O–H groups in total. The average Bonchev–Trinajstić information content (AvgIpc) is 3.98. The predicted octanol–water partition coefficient (Wildman–Crippen LogP) is 7.96. The van der Waals surface area contributed by atoms with Crippen molar-refractivity contribution in [2.45, 2.75) is 44.4 Å². The van der Waals surface area contributed by atoms with Gasteiger partial charge in [-0.2, -0.15) is 0 Å². The van der Waals surface area contributed by atoms with Crippen molar-refractivity contribution in [2.24, 2.45) is 46.8 Å². The summed E-state index contributed by atoms with van der Waals surface area (Å²) in [5, 5.41) is 0. The quantitative estimate of drug-likeness (QED) is 0.126. The number of allylic oxidation sites excluding steroid dienone is 4. The molecule has 2 amide bonds. The van der Waals surface area contributed by atoms with E-state index in [9.17, 15) is 19.2 Å². The van der Waals surface area contributed by atoms with Gasteiger partial charge in [0, 0.05) is 17.3 Å². The van der Waals surface area contributed by atoms with Crippen molar-refractivity contribution in [3.63, 3.8) is 0 Å². The summed E-state index contributed by atoms with van der Waals surface area (Å²) >= 11 is 0. The molecule has 3 saturated carbocycles. The summed E-state index contributed by atoms with van der Waals surface area (Å²) in [4.78, 5) is 57.8. The van der Waals surface area contributed by atoms with E-state index in [4.69, 9.17) is 0 Å². The first-order valence-corrected chi connectivity index (χ1v) is 18.2. The molecule has 1 heterocycles. The summed E-state index contributed by atoms with van der Waals surface area (Å²) in [6, 6.07) is 23.9. The lowest BCUT2D eigenvalue weighted by molar-refractivity contribution is -0.126. The maximum absolute atomic E-state index is 14.2. The Hall–Kier alpha value is -4.90. The molecule has 9 rings (SSSR count). The lowest BCUT2D eigenvalue weighted by atomic mass is 9.71. The first kappa shape index (κ1) is 31.1. The molecule has 9 atom stereocenters. The molecule has 5 nitrogen and oxygen atoms in total. The molecule has 0 aromatic heterocycles. The number of rotatable bonds is 10. The topological polar surface area (TPSA) is 71.5 Å². The summed E-state index contributed by atoms with van der Waals surface area (Å²) < 4.78 is 0. The molecule has 6 aliphatic rings. The van der Waals surface area contributed by atoms with Gasteiger partial charge in [-0.05, 0) is 96.2 Å². The number of aryl methyl sites for hydroxylation is 2. The number of amides is 2. The molecule has 5 aliphatic carbocycles. The third-order valence-electron chi connectivity index (χ3n) is 13.1. The van der Waals surface area contributed by atoms with Gasteiger partial charge in [0.1, 0.15) is 5.92 Å². The van der Waals surface area contributed by atoms with E-state index in [1.165, 1.54) is 21.6 Å². The van der Waals surface area contributed by atoms with Crippen LogP contribution in [-0.2, 0) is 32.0 Å².